The van der Waals surface area contributed by atoms with Crippen LogP contribution in [0.5, 0.6) is 0 Å². The van der Waals surface area contributed by atoms with Crippen LogP contribution in [-0.2, 0) is 0 Å². The number of aryl methyl sites for hydroxylation is 1. The second kappa shape index (κ2) is 8.26. The maximum atomic E-state index is 11.2. The van der Waals surface area contributed by atoms with Crippen molar-refractivity contribution in [2.24, 2.45) is 0 Å². The van der Waals surface area contributed by atoms with Gasteiger partial charge in [0.15, 0.2) is 5.16 Å². The highest BCUT2D eigenvalue weighted by Gasteiger charge is 2.13. The molecule has 0 spiro atoms. The van der Waals surface area contributed by atoms with Crippen LogP contribution in [0, 0.1) is 6.92 Å². The van der Waals surface area contributed by atoms with Crippen molar-refractivity contribution in [3.05, 3.63) is 41.6 Å². The van der Waals surface area contributed by atoms with Crippen LogP contribution in [0.3, 0.4) is 0 Å². The van der Waals surface area contributed by atoms with E-state index in [1.807, 2.05) is 51.3 Å². The Morgan fingerprint density at radius 1 is 1.33 bits per heavy atom. The summed E-state index contributed by atoms with van der Waals surface area (Å²) in [6.45, 7) is 5.97. The third-order valence-corrected chi connectivity index (χ3v) is 3.02. The van der Waals surface area contributed by atoms with Gasteiger partial charge in [-0.15, -0.1) is 0 Å². The minimum Gasteiger partial charge on any atom is -0.477 e. The van der Waals surface area contributed by atoms with E-state index < -0.39 is 5.97 Å². The largest absolute Gasteiger partial charge is 0.477 e. The second-order valence-electron chi connectivity index (χ2n) is 3.92. The van der Waals surface area contributed by atoms with Crippen LogP contribution < -0.4 is 5.32 Å². The van der Waals surface area contributed by atoms with Gasteiger partial charge in [0.2, 0.25) is 0 Å². The van der Waals surface area contributed by atoms with Gasteiger partial charge in [-0.05, 0) is 30.9 Å². The van der Waals surface area contributed by atoms with E-state index in [4.69, 9.17) is 5.11 Å². The number of hydrogen-bond donors (Lipinski definition) is 2. The van der Waals surface area contributed by atoms with Crippen molar-refractivity contribution in [1.29, 1.82) is 0 Å². The predicted molar refractivity (Wildman–Crippen MR) is 86.6 cm³/mol. The number of anilines is 2. The zero-order chi connectivity index (χ0) is 15.8. The minimum atomic E-state index is -1.05. The third-order valence-electron chi connectivity index (χ3n) is 2.46. The summed E-state index contributed by atoms with van der Waals surface area (Å²) in [5.41, 5.74) is 1.94. The molecule has 0 radical (unpaired) electrons. The summed E-state index contributed by atoms with van der Waals surface area (Å²) >= 11 is 1.36. The van der Waals surface area contributed by atoms with Crippen molar-refractivity contribution in [1.82, 2.24) is 9.97 Å². The lowest BCUT2D eigenvalue weighted by Gasteiger charge is -2.09. The molecule has 112 valence electrons. The van der Waals surface area contributed by atoms with Gasteiger partial charge < -0.3 is 10.4 Å². The van der Waals surface area contributed by atoms with Crippen molar-refractivity contribution in [3.63, 3.8) is 0 Å². The lowest BCUT2D eigenvalue weighted by Crippen LogP contribution is -2.07. The molecular formula is C15H19N3O2S. The lowest BCUT2D eigenvalue weighted by molar-refractivity contribution is 0.0697. The topological polar surface area (TPSA) is 75.1 Å². The zero-order valence-corrected chi connectivity index (χ0v) is 13.4. The molecule has 0 saturated heterocycles. The van der Waals surface area contributed by atoms with Gasteiger partial charge in [0.05, 0.1) is 0 Å². The van der Waals surface area contributed by atoms with Gasteiger partial charge in [0.25, 0.3) is 0 Å². The molecule has 0 bridgehead atoms. The van der Waals surface area contributed by atoms with Crippen molar-refractivity contribution in [3.8, 4) is 0 Å². The van der Waals surface area contributed by atoms with Gasteiger partial charge in [0.1, 0.15) is 11.4 Å². The smallest absolute Gasteiger partial charge is 0.341 e. The van der Waals surface area contributed by atoms with Crippen LogP contribution in [0.2, 0.25) is 0 Å². The van der Waals surface area contributed by atoms with Gasteiger partial charge in [-0.25, -0.2) is 14.8 Å². The minimum absolute atomic E-state index is 0.0549. The highest BCUT2D eigenvalue weighted by molar-refractivity contribution is 7.98. The van der Waals surface area contributed by atoms with Gasteiger partial charge in [0, 0.05) is 11.9 Å². The van der Waals surface area contributed by atoms with E-state index in [1.165, 1.54) is 18.0 Å². The van der Waals surface area contributed by atoms with Crippen molar-refractivity contribution in [2.45, 2.75) is 25.9 Å². The first-order valence-electron chi connectivity index (χ1n) is 6.58. The molecule has 0 aliphatic rings. The third kappa shape index (κ3) is 4.75. The van der Waals surface area contributed by atoms with E-state index in [1.54, 1.807) is 0 Å². The molecule has 0 aliphatic heterocycles. The number of nitrogens with one attached hydrogen (secondary N) is 1. The fraction of sp³-hybridized carbons (Fsp3) is 0.267. The molecule has 6 heteroatoms. The molecule has 0 saturated carbocycles. The van der Waals surface area contributed by atoms with Crippen LogP contribution in [0.1, 0.15) is 29.8 Å². The Hall–Kier alpha value is -2.08. The van der Waals surface area contributed by atoms with E-state index >= 15 is 0 Å². The molecule has 0 aliphatic carbocycles. The monoisotopic (exact) mass is 305 g/mol. The molecule has 2 N–H and O–H groups in total. The number of carbonyl (C=O) groups is 1. The average molecular weight is 305 g/mol. The molecule has 1 heterocycles. The number of benzene rings is 1. The molecular weight excluding hydrogens is 286 g/mol. The number of nitrogens with zero attached hydrogens (tertiary/aromatic N) is 2. The molecule has 0 fully saturated rings. The Bertz CT molecular complexity index is 618. The first kappa shape index (κ1) is 17.0. The quantitative estimate of drug-likeness (QED) is 0.657. The standard InChI is InChI=1S/C13H13N3O2S.C2H6/c1-8-4-3-5-9(6-8)15-11-10(12(17)18)7-14-13(16-11)19-2;1-2/h3-7H,1-2H3,(H,17,18)(H,14,15,16);1-2H3. The number of aromatic nitrogens is 2. The van der Waals surface area contributed by atoms with Crippen LogP contribution in [0.15, 0.2) is 35.6 Å². The Morgan fingerprint density at radius 3 is 2.62 bits per heavy atom. The summed E-state index contributed by atoms with van der Waals surface area (Å²) in [5, 5.41) is 12.7. The highest BCUT2D eigenvalue weighted by atomic mass is 32.2. The van der Waals surface area contributed by atoms with Gasteiger partial charge in [-0.3, -0.25) is 0 Å². The average Bonchev–Trinajstić information content (AvgIpc) is 2.49. The molecule has 2 rings (SSSR count). The Morgan fingerprint density at radius 2 is 2.05 bits per heavy atom. The summed E-state index contributed by atoms with van der Waals surface area (Å²) in [6, 6.07) is 7.65. The maximum Gasteiger partial charge on any atom is 0.341 e. The number of carboxylic acid groups (broad SMARTS) is 1. The number of carboxylic acids is 1. The summed E-state index contributed by atoms with van der Waals surface area (Å²) in [4.78, 5) is 19.3. The normalized spacial score (nSPS) is 9.52. The molecule has 1 aromatic carbocycles. The number of thioether (sulfide) groups is 1. The SMILES string of the molecule is CC.CSc1ncc(C(=O)O)c(Nc2cccc(C)c2)n1. The maximum absolute atomic E-state index is 11.2. The fourth-order valence-electron chi connectivity index (χ4n) is 1.58. The van der Waals surface area contributed by atoms with E-state index in [0.717, 1.165) is 11.3 Å². The van der Waals surface area contributed by atoms with E-state index in [9.17, 15) is 4.79 Å². The molecule has 5 nitrogen and oxygen atoms in total. The molecule has 1 aromatic heterocycles. The summed E-state index contributed by atoms with van der Waals surface area (Å²) in [5.74, 6) is -0.750. The first-order chi connectivity index (χ1) is 10.1. The number of aromatic carboxylic acids is 1. The summed E-state index contributed by atoms with van der Waals surface area (Å²) in [6.07, 6.45) is 3.16. The second-order valence-corrected chi connectivity index (χ2v) is 4.69. The summed E-state index contributed by atoms with van der Waals surface area (Å²) in [7, 11) is 0. The molecule has 21 heavy (non-hydrogen) atoms. The first-order valence-corrected chi connectivity index (χ1v) is 7.80. The molecule has 0 atom stereocenters. The Labute approximate surface area is 128 Å². The predicted octanol–water partition coefficient (Wildman–Crippen LogP) is 3.97. The van der Waals surface area contributed by atoms with E-state index in [-0.39, 0.29) is 5.56 Å². The summed E-state index contributed by atoms with van der Waals surface area (Å²) < 4.78 is 0. The zero-order valence-electron chi connectivity index (χ0n) is 12.5. The van der Waals surface area contributed by atoms with Crippen LogP contribution in [0.4, 0.5) is 11.5 Å². The molecule has 0 amide bonds. The van der Waals surface area contributed by atoms with Crippen molar-refractivity contribution >= 4 is 29.2 Å². The van der Waals surface area contributed by atoms with Crippen LogP contribution in [-0.4, -0.2) is 27.3 Å². The van der Waals surface area contributed by atoms with Crippen molar-refractivity contribution in [2.75, 3.05) is 11.6 Å². The Kier molecular flexibility index (Phi) is 6.68. The number of hydrogen-bond acceptors (Lipinski definition) is 5. The molecule has 2 aromatic rings. The highest BCUT2D eigenvalue weighted by Crippen LogP contribution is 2.21. The van der Waals surface area contributed by atoms with Crippen molar-refractivity contribution < 1.29 is 9.90 Å². The lowest BCUT2D eigenvalue weighted by atomic mass is 10.2. The number of rotatable bonds is 4. The Balaban J connectivity index is 0.00000106. The van der Waals surface area contributed by atoms with Crippen LogP contribution >= 0.6 is 11.8 Å². The van der Waals surface area contributed by atoms with E-state index in [2.05, 4.69) is 15.3 Å². The van der Waals surface area contributed by atoms with Gasteiger partial charge >= 0.3 is 5.97 Å². The molecule has 0 unspecified atom stereocenters. The fourth-order valence-corrected chi connectivity index (χ4v) is 1.92. The van der Waals surface area contributed by atoms with Gasteiger partial charge in [-0.1, -0.05) is 37.7 Å². The van der Waals surface area contributed by atoms with Gasteiger partial charge in [-0.2, -0.15) is 0 Å². The van der Waals surface area contributed by atoms with E-state index in [0.29, 0.717) is 11.0 Å². The van der Waals surface area contributed by atoms with Crippen LogP contribution in [0.25, 0.3) is 0 Å².